The summed E-state index contributed by atoms with van der Waals surface area (Å²) in [5.41, 5.74) is 1.29. The molecule has 0 saturated carbocycles. The van der Waals surface area contributed by atoms with Gasteiger partial charge in [-0.25, -0.2) is 13.2 Å². The summed E-state index contributed by atoms with van der Waals surface area (Å²) in [6.07, 6.45) is 6.30. The number of rotatable bonds is 7. The summed E-state index contributed by atoms with van der Waals surface area (Å²) in [7, 11) is 0. The Bertz CT molecular complexity index is 795. The Morgan fingerprint density at radius 3 is 2.43 bits per heavy atom. The number of halogens is 3. The molecule has 0 aliphatic carbocycles. The van der Waals surface area contributed by atoms with Crippen LogP contribution in [0.4, 0.5) is 13.2 Å². The molecule has 0 radical (unpaired) electrons. The molecule has 0 N–H and O–H groups in total. The first kappa shape index (κ1) is 20.9. The van der Waals surface area contributed by atoms with Gasteiger partial charge in [-0.2, -0.15) is 0 Å². The third kappa shape index (κ3) is 4.60. The van der Waals surface area contributed by atoms with Gasteiger partial charge in [0.15, 0.2) is 11.6 Å². The number of ether oxygens (including phenoxy) is 1. The van der Waals surface area contributed by atoms with E-state index in [4.69, 9.17) is 4.74 Å². The van der Waals surface area contributed by atoms with Crippen LogP contribution in [0.25, 0.3) is 11.1 Å². The summed E-state index contributed by atoms with van der Waals surface area (Å²) in [4.78, 5) is 0. The molecule has 152 valence electrons. The predicted molar refractivity (Wildman–Crippen MR) is 107 cm³/mol. The van der Waals surface area contributed by atoms with Crippen LogP contribution < -0.4 is 0 Å². The molecule has 2 aromatic rings. The average Bonchev–Trinajstić information content (AvgIpc) is 2.70. The van der Waals surface area contributed by atoms with E-state index in [2.05, 4.69) is 6.92 Å². The van der Waals surface area contributed by atoms with Gasteiger partial charge in [0, 0.05) is 11.1 Å². The van der Waals surface area contributed by atoms with Crippen LogP contribution in [-0.4, -0.2) is 6.61 Å². The topological polar surface area (TPSA) is 9.23 Å². The molecular formula is C24H29F3O. The highest BCUT2D eigenvalue weighted by molar-refractivity contribution is 5.65. The normalized spacial score (nSPS) is 19.8. The van der Waals surface area contributed by atoms with Gasteiger partial charge in [-0.05, 0) is 48.8 Å². The van der Waals surface area contributed by atoms with E-state index in [1.807, 2.05) is 6.92 Å². The standard InChI is InChI=1S/C24H29F3O/c1-3-5-7-16-8-13-22(28-15-16)20-12-10-18(14-21(20)25)19-11-9-17(6-4-2)23(26)24(19)27/h9-12,14,16,22H,3-8,13,15H2,1-2H3. The maximum atomic E-state index is 14.8. The van der Waals surface area contributed by atoms with Crippen LogP contribution in [0, 0.1) is 23.4 Å². The monoisotopic (exact) mass is 390 g/mol. The smallest absolute Gasteiger partial charge is 0.166 e. The van der Waals surface area contributed by atoms with Crippen molar-refractivity contribution in [2.75, 3.05) is 6.61 Å². The Labute approximate surface area is 165 Å². The Kier molecular flexibility index (Phi) is 7.17. The second kappa shape index (κ2) is 9.60. The van der Waals surface area contributed by atoms with Gasteiger partial charge in [0.25, 0.3) is 0 Å². The quantitative estimate of drug-likeness (QED) is 0.479. The zero-order chi connectivity index (χ0) is 20.1. The van der Waals surface area contributed by atoms with E-state index in [1.165, 1.54) is 25.0 Å². The predicted octanol–water partition coefficient (Wildman–Crippen LogP) is 7.38. The Morgan fingerprint density at radius 1 is 0.964 bits per heavy atom. The van der Waals surface area contributed by atoms with Crippen molar-refractivity contribution < 1.29 is 17.9 Å². The average molecular weight is 390 g/mol. The third-order valence-corrected chi connectivity index (χ3v) is 5.68. The van der Waals surface area contributed by atoms with E-state index in [1.54, 1.807) is 18.2 Å². The molecule has 1 aliphatic heterocycles. The van der Waals surface area contributed by atoms with Crippen molar-refractivity contribution in [1.82, 2.24) is 0 Å². The van der Waals surface area contributed by atoms with Gasteiger partial charge in [0.05, 0.1) is 12.7 Å². The molecule has 0 amide bonds. The molecule has 1 aliphatic rings. The summed E-state index contributed by atoms with van der Waals surface area (Å²) in [5.74, 6) is -1.62. The molecule has 3 rings (SSSR count). The first-order valence-corrected chi connectivity index (χ1v) is 10.4. The number of aryl methyl sites for hydroxylation is 1. The summed E-state index contributed by atoms with van der Waals surface area (Å²) >= 11 is 0. The van der Waals surface area contributed by atoms with Gasteiger partial charge in [-0.1, -0.05) is 57.4 Å². The number of hydrogen-bond donors (Lipinski definition) is 0. The highest BCUT2D eigenvalue weighted by Crippen LogP contribution is 2.36. The first-order valence-electron chi connectivity index (χ1n) is 10.4. The van der Waals surface area contributed by atoms with E-state index >= 15 is 0 Å². The fourth-order valence-electron chi connectivity index (χ4n) is 4.00. The maximum Gasteiger partial charge on any atom is 0.166 e. The van der Waals surface area contributed by atoms with E-state index in [-0.39, 0.29) is 11.7 Å². The van der Waals surface area contributed by atoms with Crippen molar-refractivity contribution in [1.29, 1.82) is 0 Å². The van der Waals surface area contributed by atoms with Crippen LogP contribution in [0.5, 0.6) is 0 Å². The number of benzene rings is 2. The number of hydrogen-bond acceptors (Lipinski definition) is 1. The molecular weight excluding hydrogens is 361 g/mol. The summed E-state index contributed by atoms with van der Waals surface area (Å²) in [6.45, 7) is 4.75. The van der Waals surface area contributed by atoms with E-state index < -0.39 is 17.5 Å². The van der Waals surface area contributed by atoms with Crippen LogP contribution in [0.15, 0.2) is 30.3 Å². The molecule has 2 unspecified atom stereocenters. The maximum absolute atomic E-state index is 14.8. The lowest BCUT2D eigenvalue weighted by molar-refractivity contribution is -0.0214. The van der Waals surface area contributed by atoms with E-state index in [9.17, 15) is 13.2 Å². The minimum absolute atomic E-state index is 0.0898. The van der Waals surface area contributed by atoms with Crippen LogP contribution in [0.2, 0.25) is 0 Å². The lowest BCUT2D eigenvalue weighted by Gasteiger charge is -2.29. The van der Waals surface area contributed by atoms with Crippen LogP contribution in [0.1, 0.15) is 69.6 Å². The van der Waals surface area contributed by atoms with Crippen molar-refractivity contribution in [3.63, 3.8) is 0 Å². The third-order valence-electron chi connectivity index (χ3n) is 5.68. The van der Waals surface area contributed by atoms with Gasteiger partial charge in [-0.3, -0.25) is 0 Å². The van der Waals surface area contributed by atoms with Crippen LogP contribution >= 0.6 is 0 Å². The molecule has 4 heteroatoms. The molecule has 28 heavy (non-hydrogen) atoms. The Hall–Kier alpha value is -1.81. The molecule has 0 spiro atoms. The largest absolute Gasteiger partial charge is 0.373 e. The van der Waals surface area contributed by atoms with Crippen molar-refractivity contribution in [2.45, 2.75) is 64.9 Å². The molecule has 2 atom stereocenters. The molecule has 1 fully saturated rings. The summed E-state index contributed by atoms with van der Waals surface area (Å²) in [6, 6.07) is 7.72. The molecule has 2 aromatic carbocycles. The molecule has 1 nitrogen and oxygen atoms in total. The Morgan fingerprint density at radius 2 is 1.79 bits per heavy atom. The minimum Gasteiger partial charge on any atom is -0.373 e. The van der Waals surface area contributed by atoms with Crippen molar-refractivity contribution in [2.24, 2.45) is 5.92 Å². The first-order chi connectivity index (χ1) is 13.5. The SMILES string of the molecule is CCCCC1CCC(c2ccc(-c3ccc(CCC)c(F)c3F)cc2F)OC1. The highest BCUT2D eigenvalue weighted by atomic mass is 19.2. The minimum atomic E-state index is -0.911. The van der Waals surface area contributed by atoms with Crippen LogP contribution in [-0.2, 0) is 11.2 Å². The lowest BCUT2D eigenvalue weighted by Crippen LogP contribution is -2.21. The second-order valence-electron chi connectivity index (χ2n) is 7.79. The van der Waals surface area contributed by atoms with Crippen molar-refractivity contribution in [3.05, 3.63) is 58.9 Å². The van der Waals surface area contributed by atoms with Crippen molar-refractivity contribution >= 4 is 0 Å². The zero-order valence-corrected chi connectivity index (χ0v) is 16.7. The fraction of sp³-hybridized carbons (Fsp3) is 0.500. The van der Waals surface area contributed by atoms with Gasteiger partial charge in [-0.15, -0.1) is 0 Å². The summed E-state index contributed by atoms with van der Waals surface area (Å²) in [5, 5.41) is 0. The van der Waals surface area contributed by atoms with Gasteiger partial charge < -0.3 is 4.74 Å². The Balaban J connectivity index is 1.76. The molecule has 0 bridgehead atoms. The molecule has 1 saturated heterocycles. The summed E-state index contributed by atoms with van der Waals surface area (Å²) < 4.78 is 49.4. The van der Waals surface area contributed by atoms with Gasteiger partial charge >= 0.3 is 0 Å². The van der Waals surface area contributed by atoms with E-state index in [0.717, 1.165) is 25.7 Å². The molecule has 0 aromatic heterocycles. The van der Waals surface area contributed by atoms with Gasteiger partial charge in [0.2, 0.25) is 0 Å². The second-order valence-corrected chi connectivity index (χ2v) is 7.79. The highest BCUT2D eigenvalue weighted by Gasteiger charge is 2.25. The van der Waals surface area contributed by atoms with Gasteiger partial charge in [0.1, 0.15) is 5.82 Å². The lowest BCUT2D eigenvalue weighted by atomic mass is 9.90. The number of unbranched alkanes of at least 4 members (excludes halogenated alkanes) is 1. The molecule has 1 heterocycles. The van der Waals surface area contributed by atoms with Crippen molar-refractivity contribution in [3.8, 4) is 11.1 Å². The zero-order valence-electron chi connectivity index (χ0n) is 16.7. The fourth-order valence-corrected chi connectivity index (χ4v) is 4.00. The van der Waals surface area contributed by atoms with E-state index in [0.29, 0.717) is 35.6 Å². The van der Waals surface area contributed by atoms with Crippen LogP contribution in [0.3, 0.4) is 0 Å².